The Morgan fingerprint density at radius 1 is 1.30 bits per heavy atom. The molecule has 4 nitrogen and oxygen atoms in total. The number of rotatable bonds is 6. The van der Waals surface area contributed by atoms with Crippen LogP contribution in [0.3, 0.4) is 0 Å². The number of hydrogen-bond acceptors (Lipinski definition) is 4. The maximum absolute atomic E-state index is 9.17. The molecule has 1 heterocycles. The quantitative estimate of drug-likeness (QED) is 0.880. The summed E-state index contributed by atoms with van der Waals surface area (Å²) in [6.45, 7) is 0.466. The van der Waals surface area contributed by atoms with E-state index in [1.165, 1.54) is 0 Å². The van der Waals surface area contributed by atoms with Crippen molar-refractivity contribution in [2.75, 3.05) is 13.7 Å². The SMILES string of the molecule is COc1cc(CO)cc(Br)c1OCCc1ccccn1. The van der Waals surface area contributed by atoms with E-state index in [0.717, 1.165) is 22.2 Å². The Hall–Kier alpha value is -1.59. The van der Waals surface area contributed by atoms with E-state index in [9.17, 15) is 5.11 Å². The average Bonchev–Trinajstić information content (AvgIpc) is 2.49. The van der Waals surface area contributed by atoms with E-state index in [1.54, 1.807) is 19.4 Å². The molecule has 0 atom stereocenters. The third-order valence-corrected chi connectivity index (χ3v) is 3.39. The smallest absolute Gasteiger partial charge is 0.175 e. The van der Waals surface area contributed by atoms with Crippen LogP contribution >= 0.6 is 15.9 Å². The fourth-order valence-corrected chi connectivity index (χ4v) is 2.41. The third-order valence-electron chi connectivity index (χ3n) is 2.80. The van der Waals surface area contributed by atoms with Gasteiger partial charge in [0, 0.05) is 18.3 Å². The van der Waals surface area contributed by atoms with Crippen molar-refractivity contribution >= 4 is 15.9 Å². The van der Waals surface area contributed by atoms with Gasteiger partial charge in [-0.2, -0.15) is 0 Å². The summed E-state index contributed by atoms with van der Waals surface area (Å²) in [5.41, 5.74) is 1.75. The maximum atomic E-state index is 9.17. The Labute approximate surface area is 126 Å². The second-order valence-corrected chi connectivity index (χ2v) is 5.04. The second kappa shape index (κ2) is 7.26. The van der Waals surface area contributed by atoms with Crippen LogP contribution in [0.2, 0.25) is 0 Å². The zero-order valence-electron chi connectivity index (χ0n) is 11.2. The first-order valence-electron chi connectivity index (χ1n) is 6.24. The van der Waals surface area contributed by atoms with Crippen LogP contribution in [-0.2, 0) is 13.0 Å². The van der Waals surface area contributed by atoms with Crippen molar-refractivity contribution in [3.63, 3.8) is 0 Å². The van der Waals surface area contributed by atoms with E-state index in [2.05, 4.69) is 20.9 Å². The first-order valence-corrected chi connectivity index (χ1v) is 7.04. The van der Waals surface area contributed by atoms with E-state index in [-0.39, 0.29) is 6.61 Å². The molecule has 106 valence electrons. The molecule has 20 heavy (non-hydrogen) atoms. The average molecular weight is 338 g/mol. The molecule has 0 spiro atoms. The number of pyridine rings is 1. The lowest BCUT2D eigenvalue weighted by molar-refractivity contribution is 0.277. The van der Waals surface area contributed by atoms with Crippen LogP contribution in [0.15, 0.2) is 41.0 Å². The topological polar surface area (TPSA) is 51.6 Å². The molecule has 1 aromatic carbocycles. The van der Waals surface area contributed by atoms with Crippen molar-refractivity contribution in [2.24, 2.45) is 0 Å². The zero-order valence-corrected chi connectivity index (χ0v) is 12.8. The Morgan fingerprint density at radius 2 is 2.15 bits per heavy atom. The third kappa shape index (κ3) is 3.71. The highest BCUT2D eigenvalue weighted by molar-refractivity contribution is 9.10. The van der Waals surface area contributed by atoms with E-state index < -0.39 is 0 Å². The lowest BCUT2D eigenvalue weighted by Gasteiger charge is -2.13. The molecule has 1 aromatic heterocycles. The fraction of sp³-hybridized carbons (Fsp3) is 0.267. The highest BCUT2D eigenvalue weighted by Crippen LogP contribution is 2.36. The van der Waals surface area contributed by atoms with Gasteiger partial charge in [-0.1, -0.05) is 6.07 Å². The van der Waals surface area contributed by atoms with Crippen LogP contribution < -0.4 is 9.47 Å². The minimum atomic E-state index is -0.0385. The first kappa shape index (κ1) is 14.8. The molecule has 0 amide bonds. The Kier molecular flexibility index (Phi) is 5.38. The number of nitrogens with zero attached hydrogens (tertiary/aromatic N) is 1. The van der Waals surface area contributed by atoms with Gasteiger partial charge in [-0.05, 0) is 45.8 Å². The summed E-state index contributed by atoms with van der Waals surface area (Å²) < 4.78 is 11.8. The lowest BCUT2D eigenvalue weighted by Crippen LogP contribution is -2.04. The molecule has 0 aliphatic heterocycles. The Bertz CT molecular complexity index is 561. The molecule has 0 radical (unpaired) electrons. The summed E-state index contributed by atoms with van der Waals surface area (Å²) >= 11 is 3.43. The van der Waals surface area contributed by atoms with Crippen LogP contribution in [0.25, 0.3) is 0 Å². The van der Waals surface area contributed by atoms with Crippen molar-refractivity contribution in [2.45, 2.75) is 13.0 Å². The first-order chi connectivity index (χ1) is 9.74. The summed E-state index contributed by atoms with van der Waals surface area (Å²) in [7, 11) is 1.58. The number of hydrogen-bond donors (Lipinski definition) is 1. The second-order valence-electron chi connectivity index (χ2n) is 4.19. The molecular weight excluding hydrogens is 322 g/mol. The summed E-state index contributed by atoms with van der Waals surface area (Å²) in [6, 6.07) is 9.39. The molecule has 2 rings (SSSR count). The standard InChI is InChI=1S/C15H16BrNO3/c1-19-14-9-11(10-18)8-13(16)15(14)20-7-5-12-4-2-3-6-17-12/h2-4,6,8-9,18H,5,7,10H2,1H3. The van der Waals surface area contributed by atoms with Gasteiger partial charge in [0.05, 0.1) is 24.8 Å². The molecule has 0 aliphatic rings. The van der Waals surface area contributed by atoms with Gasteiger partial charge in [0.25, 0.3) is 0 Å². The monoisotopic (exact) mass is 337 g/mol. The van der Waals surface area contributed by atoms with Gasteiger partial charge in [-0.25, -0.2) is 0 Å². The van der Waals surface area contributed by atoms with Crippen molar-refractivity contribution in [3.8, 4) is 11.5 Å². The minimum Gasteiger partial charge on any atom is -0.493 e. The van der Waals surface area contributed by atoms with Gasteiger partial charge in [-0.3, -0.25) is 4.98 Å². The summed E-state index contributed by atoms with van der Waals surface area (Å²) in [5, 5.41) is 9.17. The molecule has 0 saturated carbocycles. The van der Waals surface area contributed by atoms with Gasteiger partial charge >= 0.3 is 0 Å². The summed E-state index contributed by atoms with van der Waals surface area (Å²) in [6.07, 6.45) is 2.49. The minimum absolute atomic E-state index is 0.0385. The highest BCUT2D eigenvalue weighted by atomic mass is 79.9. The molecular formula is C15H16BrNO3. The molecule has 0 fully saturated rings. The van der Waals surface area contributed by atoms with Crippen molar-refractivity contribution in [1.82, 2.24) is 4.98 Å². The molecule has 0 unspecified atom stereocenters. The van der Waals surface area contributed by atoms with E-state index in [4.69, 9.17) is 9.47 Å². The summed E-state index contributed by atoms with van der Waals surface area (Å²) in [5.74, 6) is 1.24. The number of methoxy groups -OCH3 is 1. The van der Waals surface area contributed by atoms with E-state index in [1.807, 2.05) is 24.3 Å². The number of aromatic nitrogens is 1. The largest absolute Gasteiger partial charge is 0.493 e. The van der Waals surface area contributed by atoms with Gasteiger partial charge < -0.3 is 14.6 Å². The van der Waals surface area contributed by atoms with Gasteiger partial charge in [-0.15, -0.1) is 0 Å². The lowest BCUT2D eigenvalue weighted by atomic mass is 10.2. The van der Waals surface area contributed by atoms with E-state index >= 15 is 0 Å². The van der Waals surface area contributed by atoms with Crippen molar-refractivity contribution in [1.29, 1.82) is 0 Å². The van der Waals surface area contributed by atoms with Crippen LogP contribution in [0.5, 0.6) is 11.5 Å². The van der Waals surface area contributed by atoms with E-state index in [0.29, 0.717) is 18.1 Å². The molecule has 2 aromatic rings. The highest BCUT2D eigenvalue weighted by Gasteiger charge is 2.11. The summed E-state index contributed by atoms with van der Waals surface area (Å²) in [4.78, 5) is 4.25. The Morgan fingerprint density at radius 3 is 2.80 bits per heavy atom. The molecule has 0 aliphatic carbocycles. The number of benzene rings is 1. The number of halogens is 1. The molecule has 5 heteroatoms. The Balaban J connectivity index is 2.05. The molecule has 0 bridgehead atoms. The predicted octanol–water partition coefficient (Wildman–Crippen LogP) is 2.97. The maximum Gasteiger partial charge on any atom is 0.175 e. The normalized spacial score (nSPS) is 10.3. The zero-order chi connectivity index (χ0) is 14.4. The fourth-order valence-electron chi connectivity index (χ4n) is 1.81. The van der Waals surface area contributed by atoms with Crippen molar-refractivity contribution in [3.05, 3.63) is 52.3 Å². The molecule has 0 saturated heterocycles. The predicted molar refractivity (Wildman–Crippen MR) is 80.1 cm³/mol. The number of aliphatic hydroxyl groups excluding tert-OH is 1. The molecule has 1 N–H and O–H groups in total. The van der Waals surface area contributed by atoms with Crippen LogP contribution in [0.1, 0.15) is 11.3 Å². The van der Waals surface area contributed by atoms with Crippen molar-refractivity contribution < 1.29 is 14.6 Å². The number of ether oxygens (including phenoxy) is 2. The number of aliphatic hydroxyl groups is 1. The van der Waals surface area contributed by atoms with Gasteiger partial charge in [0.1, 0.15) is 0 Å². The van der Waals surface area contributed by atoms with Gasteiger partial charge in [0.15, 0.2) is 11.5 Å². The van der Waals surface area contributed by atoms with Crippen LogP contribution in [-0.4, -0.2) is 23.8 Å². The van der Waals surface area contributed by atoms with Crippen LogP contribution in [0.4, 0.5) is 0 Å². The van der Waals surface area contributed by atoms with Crippen LogP contribution in [0, 0.1) is 0 Å². The van der Waals surface area contributed by atoms with Gasteiger partial charge in [0.2, 0.25) is 0 Å².